The summed E-state index contributed by atoms with van der Waals surface area (Å²) in [5, 5.41) is 3.73. The first-order valence-electron chi connectivity index (χ1n) is 9.08. The summed E-state index contributed by atoms with van der Waals surface area (Å²) in [6.07, 6.45) is -0.275. The van der Waals surface area contributed by atoms with Gasteiger partial charge in [0, 0.05) is 11.4 Å². The van der Waals surface area contributed by atoms with Crippen LogP contribution in [0.4, 0.5) is 19.0 Å². The number of fused-ring (bicyclic) bond motifs is 1. The Balaban J connectivity index is 1.41. The number of benzene rings is 1. The van der Waals surface area contributed by atoms with Crippen molar-refractivity contribution in [3.8, 4) is 0 Å². The maximum atomic E-state index is 13.1. The third-order valence-electron chi connectivity index (χ3n) is 4.73. The van der Waals surface area contributed by atoms with Crippen LogP contribution in [-0.2, 0) is 12.6 Å². The maximum absolute atomic E-state index is 13.1. The summed E-state index contributed by atoms with van der Waals surface area (Å²) in [6, 6.07) is 10.5. The van der Waals surface area contributed by atoms with Crippen LogP contribution in [0.1, 0.15) is 47.0 Å². The second-order valence-corrected chi connectivity index (χ2v) is 8.25. The van der Waals surface area contributed by atoms with Crippen LogP contribution >= 0.6 is 11.3 Å². The number of anilines is 1. The lowest BCUT2D eigenvalue weighted by molar-refractivity contribution is -0.144. The van der Waals surface area contributed by atoms with Crippen LogP contribution in [0.3, 0.4) is 0 Å². The third kappa shape index (κ3) is 4.24. The first-order chi connectivity index (χ1) is 12.9. The second kappa shape index (κ2) is 7.11. The number of rotatable bonds is 6. The van der Waals surface area contributed by atoms with Gasteiger partial charge in [-0.05, 0) is 55.7 Å². The molecule has 1 fully saturated rings. The number of aryl methyl sites for hydroxylation is 2. The minimum Gasteiger partial charge on any atom is -0.369 e. The molecule has 0 saturated heterocycles. The molecule has 1 aliphatic rings. The van der Waals surface area contributed by atoms with E-state index in [1.807, 2.05) is 13.0 Å². The molecule has 1 saturated carbocycles. The predicted molar refractivity (Wildman–Crippen MR) is 102 cm³/mol. The van der Waals surface area contributed by atoms with Crippen LogP contribution in [-0.4, -0.2) is 16.5 Å². The third-order valence-corrected chi connectivity index (χ3v) is 5.68. The number of halogens is 3. The lowest BCUT2D eigenvalue weighted by Crippen LogP contribution is -2.13. The number of aromatic nitrogens is 2. The molecule has 2 aromatic heterocycles. The Labute approximate surface area is 159 Å². The number of nitrogens with zero attached hydrogens (tertiary/aromatic N) is 2. The van der Waals surface area contributed by atoms with Gasteiger partial charge in [0.25, 0.3) is 0 Å². The van der Waals surface area contributed by atoms with Crippen molar-refractivity contribution in [3.63, 3.8) is 0 Å². The summed E-state index contributed by atoms with van der Waals surface area (Å²) in [5.74, 6) is -0.0754. The Morgan fingerprint density at radius 3 is 2.56 bits per heavy atom. The smallest absolute Gasteiger partial charge is 0.369 e. The van der Waals surface area contributed by atoms with E-state index in [1.54, 1.807) is 0 Å². The van der Waals surface area contributed by atoms with E-state index in [0.717, 1.165) is 23.6 Å². The molecule has 3 aromatic rings. The van der Waals surface area contributed by atoms with Crippen molar-refractivity contribution in [2.24, 2.45) is 0 Å². The summed E-state index contributed by atoms with van der Waals surface area (Å²) in [5.41, 5.74) is 2.66. The zero-order valence-electron chi connectivity index (χ0n) is 14.9. The maximum Gasteiger partial charge on any atom is 0.451 e. The van der Waals surface area contributed by atoms with Crippen molar-refractivity contribution in [2.45, 2.75) is 44.7 Å². The highest BCUT2D eigenvalue weighted by Gasteiger charge is 2.35. The fourth-order valence-corrected chi connectivity index (χ4v) is 4.06. The van der Waals surface area contributed by atoms with Gasteiger partial charge in [-0.25, -0.2) is 9.97 Å². The van der Waals surface area contributed by atoms with Crippen molar-refractivity contribution in [1.82, 2.24) is 9.97 Å². The Hall–Kier alpha value is -2.15. The van der Waals surface area contributed by atoms with E-state index in [1.165, 1.54) is 35.3 Å². The summed E-state index contributed by atoms with van der Waals surface area (Å²) in [7, 11) is 0. The molecule has 1 aliphatic carbocycles. The van der Waals surface area contributed by atoms with Gasteiger partial charge < -0.3 is 5.32 Å². The molecule has 27 heavy (non-hydrogen) atoms. The molecule has 0 unspecified atom stereocenters. The quantitative estimate of drug-likeness (QED) is 0.529. The Morgan fingerprint density at radius 2 is 1.89 bits per heavy atom. The molecule has 0 radical (unpaired) electrons. The highest BCUT2D eigenvalue weighted by atomic mass is 32.1. The van der Waals surface area contributed by atoms with E-state index < -0.39 is 12.0 Å². The van der Waals surface area contributed by atoms with Crippen LogP contribution < -0.4 is 5.32 Å². The lowest BCUT2D eigenvalue weighted by Gasteiger charge is -2.10. The zero-order valence-corrected chi connectivity index (χ0v) is 15.8. The molecular weight excluding hydrogens is 371 g/mol. The van der Waals surface area contributed by atoms with Crippen molar-refractivity contribution < 1.29 is 13.2 Å². The monoisotopic (exact) mass is 391 g/mol. The number of alkyl halides is 3. The molecule has 7 heteroatoms. The van der Waals surface area contributed by atoms with Gasteiger partial charge in [-0.15, -0.1) is 11.3 Å². The molecule has 3 nitrogen and oxygen atoms in total. The highest BCUT2D eigenvalue weighted by molar-refractivity contribution is 7.18. The molecule has 0 atom stereocenters. The normalized spacial score (nSPS) is 14.7. The Bertz CT molecular complexity index is 944. The van der Waals surface area contributed by atoms with E-state index in [-0.39, 0.29) is 5.82 Å². The minimum absolute atomic E-state index is 0.265. The van der Waals surface area contributed by atoms with E-state index >= 15 is 0 Å². The first-order valence-corrected chi connectivity index (χ1v) is 9.90. The van der Waals surface area contributed by atoms with Gasteiger partial charge in [0.1, 0.15) is 10.6 Å². The SMILES string of the molecule is Cc1cc2c(NCCCc3ccc(C4CC4)cc3)nc(C(F)(F)F)nc2s1. The molecule has 0 spiro atoms. The fourth-order valence-electron chi connectivity index (χ4n) is 3.18. The van der Waals surface area contributed by atoms with Gasteiger partial charge in [0.05, 0.1) is 5.39 Å². The molecule has 142 valence electrons. The first kappa shape index (κ1) is 18.2. The summed E-state index contributed by atoms with van der Waals surface area (Å²) in [4.78, 5) is 8.68. The van der Waals surface area contributed by atoms with Crippen LogP contribution in [0.15, 0.2) is 30.3 Å². The van der Waals surface area contributed by atoms with E-state index in [9.17, 15) is 13.2 Å². The van der Waals surface area contributed by atoms with E-state index in [4.69, 9.17) is 0 Å². The molecule has 1 aromatic carbocycles. The van der Waals surface area contributed by atoms with Gasteiger partial charge in [0.15, 0.2) is 0 Å². The average Bonchev–Trinajstić information content (AvgIpc) is 3.39. The standard InChI is InChI=1S/C20H20F3N3S/c1-12-11-16-17(25-19(20(21,22)23)26-18(16)27-12)24-10-2-3-13-4-6-14(7-5-13)15-8-9-15/h4-7,11,15H,2-3,8-10H2,1H3,(H,24,25,26). The molecule has 0 bridgehead atoms. The summed E-state index contributed by atoms with van der Waals surface area (Å²) < 4.78 is 39.2. The van der Waals surface area contributed by atoms with Gasteiger partial charge in [0.2, 0.25) is 5.82 Å². The van der Waals surface area contributed by atoms with Crippen LogP contribution in [0.5, 0.6) is 0 Å². The van der Waals surface area contributed by atoms with Crippen LogP contribution in [0.2, 0.25) is 0 Å². The van der Waals surface area contributed by atoms with Gasteiger partial charge in [-0.1, -0.05) is 24.3 Å². The average molecular weight is 391 g/mol. The molecular formula is C20H20F3N3S. The van der Waals surface area contributed by atoms with Crippen molar-refractivity contribution in [2.75, 3.05) is 11.9 Å². The van der Waals surface area contributed by atoms with Gasteiger partial charge >= 0.3 is 6.18 Å². The number of hydrogen-bond donors (Lipinski definition) is 1. The molecule has 2 heterocycles. The van der Waals surface area contributed by atoms with E-state index in [0.29, 0.717) is 16.8 Å². The fraction of sp³-hybridized carbons (Fsp3) is 0.400. The zero-order chi connectivity index (χ0) is 19.0. The van der Waals surface area contributed by atoms with Crippen LogP contribution in [0, 0.1) is 6.92 Å². The Morgan fingerprint density at radius 1 is 1.15 bits per heavy atom. The number of nitrogens with one attached hydrogen (secondary N) is 1. The second-order valence-electron chi connectivity index (χ2n) is 7.02. The lowest BCUT2D eigenvalue weighted by atomic mass is 10.1. The topological polar surface area (TPSA) is 37.8 Å². The largest absolute Gasteiger partial charge is 0.451 e. The molecule has 0 aliphatic heterocycles. The Kier molecular flexibility index (Phi) is 4.80. The highest BCUT2D eigenvalue weighted by Crippen LogP contribution is 2.40. The van der Waals surface area contributed by atoms with Crippen molar-refractivity contribution >= 4 is 27.4 Å². The number of thiophene rings is 1. The summed E-state index contributed by atoms with van der Waals surface area (Å²) in [6.45, 7) is 2.41. The van der Waals surface area contributed by atoms with Gasteiger partial charge in [-0.3, -0.25) is 0 Å². The van der Waals surface area contributed by atoms with Gasteiger partial charge in [-0.2, -0.15) is 13.2 Å². The molecule has 4 rings (SSSR count). The molecule has 0 amide bonds. The van der Waals surface area contributed by atoms with E-state index in [2.05, 4.69) is 39.6 Å². The number of hydrogen-bond acceptors (Lipinski definition) is 4. The molecule has 1 N–H and O–H groups in total. The predicted octanol–water partition coefficient (Wildman–Crippen LogP) is 5.94. The van der Waals surface area contributed by atoms with Crippen molar-refractivity contribution in [1.29, 1.82) is 0 Å². The summed E-state index contributed by atoms with van der Waals surface area (Å²) >= 11 is 1.25. The van der Waals surface area contributed by atoms with Crippen molar-refractivity contribution in [3.05, 3.63) is 52.2 Å². The minimum atomic E-state index is -4.55. The van der Waals surface area contributed by atoms with Crippen LogP contribution in [0.25, 0.3) is 10.2 Å².